The summed E-state index contributed by atoms with van der Waals surface area (Å²) in [5.41, 5.74) is -0.418. The smallest absolute Gasteiger partial charge is 0.348 e. The number of aromatic nitrogens is 4. The van der Waals surface area contributed by atoms with E-state index in [0.717, 1.165) is 6.07 Å². The number of halogens is 3. The SMILES string of the molecule is Cn1nc(C(F)(F)F)cc1Cc1ncc[nH]1. The molecule has 0 bridgehead atoms. The van der Waals surface area contributed by atoms with E-state index >= 15 is 0 Å². The molecule has 0 spiro atoms. The number of rotatable bonds is 2. The number of imidazole rings is 1. The van der Waals surface area contributed by atoms with Crippen LogP contribution in [0.2, 0.25) is 0 Å². The van der Waals surface area contributed by atoms with Crippen LogP contribution in [0.3, 0.4) is 0 Å². The first-order chi connectivity index (χ1) is 7.47. The molecule has 2 rings (SSSR count). The van der Waals surface area contributed by atoms with Gasteiger partial charge in [-0.15, -0.1) is 0 Å². The zero-order valence-electron chi connectivity index (χ0n) is 8.41. The summed E-state index contributed by atoms with van der Waals surface area (Å²) in [6.07, 6.45) is -0.932. The van der Waals surface area contributed by atoms with Gasteiger partial charge in [0.25, 0.3) is 0 Å². The molecule has 2 aromatic rings. The van der Waals surface area contributed by atoms with Crippen LogP contribution in [-0.2, 0) is 19.6 Å². The van der Waals surface area contributed by atoms with Crippen molar-refractivity contribution >= 4 is 0 Å². The van der Waals surface area contributed by atoms with E-state index in [4.69, 9.17) is 0 Å². The van der Waals surface area contributed by atoms with Crippen molar-refractivity contribution in [1.29, 1.82) is 0 Å². The molecule has 16 heavy (non-hydrogen) atoms. The standard InChI is InChI=1S/C9H9F3N4/c1-16-6(5-8-13-2-3-14-8)4-7(15-16)9(10,11)12/h2-4H,5H2,1H3,(H,13,14). The number of nitrogens with zero attached hydrogens (tertiary/aromatic N) is 3. The Hall–Kier alpha value is -1.79. The molecule has 0 aromatic carbocycles. The molecule has 1 N–H and O–H groups in total. The van der Waals surface area contributed by atoms with E-state index in [9.17, 15) is 13.2 Å². The predicted molar refractivity (Wildman–Crippen MR) is 49.6 cm³/mol. The highest BCUT2D eigenvalue weighted by Gasteiger charge is 2.34. The predicted octanol–water partition coefficient (Wildman–Crippen LogP) is 1.75. The van der Waals surface area contributed by atoms with Crippen molar-refractivity contribution < 1.29 is 13.2 Å². The van der Waals surface area contributed by atoms with E-state index < -0.39 is 11.9 Å². The minimum Gasteiger partial charge on any atom is -0.348 e. The van der Waals surface area contributed by atoms with Crippen molar-refractivity contribution in [1.82, 2.24) is 19.7 Å². The highest BCUT2D eigenvalue weighted by atomic mass is 19.4. The fraction of sp³-hybridized carbons (Fsp3) is 0.333. The maximum atomic E-state index is 12.4. The van der Waals surface area contributed by atoms with E-state index in [1.54, 1.807) is 12.4 Å². The third-order valence-corrected chi connectivity index (χ3v) is 2.17. The first kappa shape index (κ1) is 10.7. The maximum absolute atomic E-state index is 12.4. The van der Waals surface area contributed by atoms with Gasteiger partial charge in [0.05, 0.1) is 0 Å². The van der Waals surface area contributed by atoms with Crippen LogP contribution in [0.25, 0.3) is 0 Å². The minimum atomic E-state index is -4.40. The summed E-state index contributed by atoms with van der Waals surface area (Å²) in [4.78, 5) is 6.77. The summed E-state index contributed by atoms with van der Waals surface area (Å²) in [5.74, 6) is 0.608. The molecule has 2 heterocycles. The number of nitrogens with one attached hydrogen (secondary N) is 1. The van der Waals surface area contributed by atoms with Gasteiger partial charge in [-0.2, -0.15) is 18.3 Å². The highest BCUT2D eigenvalue weighted by Crippen LogP contribution is 2.28. The molecule has 2 aromatic heterocycles. The van der Waals surface area contributed by atoms with Crippen LogP contribution in [0.15, 0.2) is 18.5 Å². The van der Waals surface area contributed by atoms with Crippen LogP contribution >= 0.6 is 0 Å². The normalized spacial score (nSPS) is 12.0. The zero-order chi connectivity index (χ0) is 11.8. The van der Waals surface area contributed by atoms with Crippen LogP contribution in [0.5, 0.6) is 0 Å². The molecule has 0 aliphatic rings. The summed E-state index contributed by atoms with van der Waals surface area (Å²) in [7, 11) is 1.48. The molecule has 86 valence electrons. The average molecular weight is 230 g/mol. The second-order valence-corrected chi connectivity index (χ2v) is 3.35. The van der Waals surface area contributed by atoms with Gasteiger partial charge in [-0.05, 0) is 6.07 Å². The number of hydrogen-bond acceptors (Lipinski definition) is 2. The van der Waals surface area contributed by atoms with E-state index in [2.05, 4.69) is 15.1 Å². The number of H-pyrrole nitrogens is 1. The molecule has 0 fully saturated rings. The van der Waals surface area contributed by atoms with Gasteiger partial charge < -0.3 is 4.98 Å². The van der Waals surface area contributed by atoms with Gasteiger partial charge >= 0.3 is 6.18 Å². The monoisotopic (exact) mass is 230 g/mol. The third kappa shape index (κ3) is 2.07. The molecule has 4 nitrogen and oxygen atoms in total. The molecule has 0 radical (unpaired) electrons. The van der Waals surface area contributed by atoms with E-state index in [-0.39, 0.29) is 0 Å². The fourth-order valence-electron chi connectivity index (χ4n) is 1.38. The molecular weight excluding hydrogens is 221 g/mol. The third-order valence-electron chi connectivity index (χ3n) is 2.17. The Bertz CT molecular complexity index is 469. The van der Waals surface area contributed by atoms with Crippen molar-refractivity contribution in [3.05, 3.63) is 35.7 Å². The first-order valence-corrected chi connectivity index (χ1v) is 4.55. The summed E-state index contributed by atoms with van der Waals surface area (Å²) in [5, 5.41) is 3.41. The minimum absolute atomic E-state index is 0.298. The van der Waals surface area contributed by atoms with Crippen LogP contribution in [0.4, 0.5) is 13.2 Å². The molecule has 0 aliphatic heterocycles. The van der Waals surface area contributed by atoms with Crippen LogP contribution in [0, 0.1) is 0 Å². The van der Waals surface area contributed by atoms with Gasteiger partial charge in [0.2, 0.25) is 0 Å². The van der Waals surface area contributed by atoms with Crippen LogP contribution in [-0.4, -0.2) is 19.7 Å². The Morgan fingerprint density at radius 3 is 2.69 bits per heavy atom. The van der Waals surface area contributed by atoms with Gasteiger partial charge in [0, 0.05) is 31.6 Å². The van der Waals surface area contributed by atoms with E-state index in [1.165, 1.54) is 11.7 Å². The molecule has 0 unspecified atom stereocenters. The van der Waals surface area contributed by atoms with Gasteiger partial charge in [-0.3, -0.25) is 4.68 Å². The number of hydrogen-bond donors (Lipinski definition) is 1. The topological polar surface area (TPSA) is 46.5 Å². The van der Waals surface area contributed by atoms with Gasteiger partial charge in [-0.1, -0.05) is 0 Å². The maximum Gasteiger partial charge on any atom is 0.435 e. The van der Waals surface area contributed by atoms with E-state index in [0.29, 0.717) is 17.9 Å². The van der Waals surface area contributed by atoms with Crippen molar-refractivity contribution in [3.8, 4) is 0 Å². The quantitative estimate of drug-likeness (QED) is 0.854. The molecule has 0 saturated carbocycles. The molecule has 0 amide bonds. The molecule has 7 heteroatoms. The summed E-state index contributed by atoms with van der Waals surface area (Å²) < 4.78 is 38.3. The average Bonchev–Trinajstić information content (AvgIpc) is 2.76. The largest absolute Gasteiger partial charge is 0.435 e. The Kier molecular flexibility index (Phi) is 2.45. The lowest BCUT2D eigenvalue weighted by Crippen LogP contribution is -2.06. The second kappa shape index (κ2) is 3.66. The van der Waals surface area contributed by atoms with Crippen molar-refractivity contribution in [2.45, 2.75) is 12.6 Å². The Labute approximate surface area is 89.1 Å². The first-order valence-electron chi connectivity index (χ1n) is 4.55. The summed E-state index contributed by atoms with van der Waals surface area (Å²) in [6, 6.07) is 1.03. The number of aromatic amines is 1. The van der Waals surface area contributed by atoms with Gasteiger partial charge in [-0.25, -0.2) is 4.98 Å². The Morgan fingerprint density at radius 1 is 1.44 bits per heavy atom. The second-order valence-electron chi connectivity index (χ2n) is 3.35. The Balaban J connectivity index is 2.26. The van der Waals surface area contributed by atoms with Crippen molar-refractivity contribution in [3.63, 3.8) is 0 Å². The molecule has 0 saturated heterocycles. The van der Waals surface area contributed by atoms with Gasteiger partial charge in [0.15, 0.2) is 5.69 Å². The molecule has 0 atom stereocenters. The lowest BCUT2D eigenvalue weighted by atomic mass is 10.2. The summed E-state index contributed by atoms with van der Waals surface area (Å²) >= 11 is 0. The van der Waals surface area contributed by atoms with Crippen molar-refractivity contribution in [2.24, 2.45) is 7.05 Å². The van der Waals surface area contributed by atoms with Crippen molar-refractivity contribution in [2.75, 3.05) is 0 Å². The highest BCUT2D eigenvalue weighted by molar-refractivity contribution is 5.16. The number of aryl methyl sites for hydroxylation is 1. The molecule has 0 aliphatic carbocycles. The van der Waals surface area contributed by atoms with Crippen LogP contribution < -0.4 is 0 Å². The fourth-order valence-corrected chi connectivity index (χ4v) is 1.38. The van der Waals surface area contributed by atoms with Gasteiger partial charge in [0.1, 0.15) is 5.82 Å². The van der Waals surface area contributed by atoms with Crippen LogP contribution in [0.1, 0.15) is 17.2 Å². The molecular formula is C9H9F3N4. The van der Waals surface area contributed by atoms with E-state index in [1.807, 2.05) is 0 Å². The summed E-state index contributed by atoms with van der Waals surface area (Å²) in [6.45, 7) is 0. The Morgan fingerprint density at radius 2 is 2.19 bits per heavy atom. The lowest BCUT2D eigenvalue weighted by molar-refractivity contribution is -0.141. The number of alkyl halides is 3. The zero-order valence-corrected chi connectivity index (χ0v) is 8.41. The lowest BCUT2D eigenvalue weighted by Gasteiger charge is -1.99.